The van der Waals surface area contributed by atoms with Gasteiger partial charge in [0.15, 0.2) is 0 Å². The number of pyridine rings is 1. The molecule has 106 valence electrons. The van der Waals surface area contributed by atoms with E-state index >= 15 is 0 Å². The molecule has 0 spiro atoms. The maximum absolute atomic E-state index is 9.44. The maximum Gasteiger partial charge on any atom is 0.119 e. The molecule has 0 unspecified atom stereocenters. The highest BCUT2D eigenvalue weighted by Crippen LogP contribution is 2.28. The number of nitrogens with two attached hydrogens (primary N) is 1. The molecule has 0 bridgehead atoms. The Hall–Kier alpha value is -3.02. The summed E-state index contributed by atoms with van der Waals surface area (Å²) in [6, 6.07) is 8.26. The molecule has 3 N–H and O–H groups in total. The number of anilines is 1. The fourth-order valence-electron chi connectivity index (χ4n) is 2.68. The van der Waals surface area contributed by atoms with Crippen LogP contribution in [0.25, 0.3) is 23.9 Å². The first-order valence-corrected chi connectivity index (χ1v) is 7.44. The van der Waals surface area contributed by atoms with Gasteiger partial charge in [0, 0.05) is 10.4 Å². The number of aromatic amines is 1. The van der Waals surface area contributed by atoms with Gasteiger partial charge in [0.25, 0.3) is 0 Å². The summed E-state index contributed by atoms with van der Waals surface area (Å²) in [5, 5.41) is 22.2. The van der Waals surface area contributed by atoms with Crippen molar-refractivity contribution in [3.8, 4) is 23.4 Å². The monoisotopic (exact) mass is 304 g/mol. The molecule has 22 heavy (non-hydrogen) atoms. The Morgan fingerprint density at radius 2 is 2.05 bits per heavy atom. The zero-order valence-electron chi connectivity index (χ0n) is 11.9. The number of hydrogen-bond acceptors (Lipinski definition) is 4. The van der Waals surface area contributed by atoms with Crippen LogP contribution in [0.5, 0.6) is 0 Å². The molecule has 1 aromatic heterocycles. The largest absolute Gasteiger partial charge is 0.384 e. The van der Waals surface area contributed by atoms with Crippen LogP contribution >= 0.6 is 11.3 Å². The minimum atomic E-state index is 0.275. The smallest absolute Gasteiger partial charge is 0.119 e. The van der Waals surface area contributed by atoms with Gasteiger partial charge in [0.05, 0.1) is 16.8 Å². The second-order valence-electron chi connectivity index (χ2n) is 4.94. The van der Waals surface area contributed by atoms with Crippen LogP contribution in [0.3, 0.4) is 0 Å². The molecule has 0 saturated carbocycles. The third kappa shape index (κ3) is 1.88. The first kappa shape index (κ1) is 13.9. The summed E-state index contributed by atoms with van der Waals surface area (Å²) in [5.41, 5.74) is 9.02. The lowest BCUT2D eigenvalue weighted by atomic mass is 10.0. The number of aromatic nitrogens is 1. The van der Waals surface area contributed by atoms with Gasteiger partial charge in [-0.2, -0.15) is 10.5 Å². The van der Waals surface area contributed by atoms with Crippen LogP contribution in [0.15, 0.2) is 17.5 Å². The number of hydrogen-bond donors (Lipinski definition) is 2. The molecule has 1 aliphatic carbocycles. The van der Waals surface area contributed by atoms with Crippen LogP contribution in [0, 0.1) is 29.6 Å². The SMILES string of the molecule is C=c1c(C#N)c2[nH]c(N)c(C#N)c(C)c-2/c1=C\c1cccs1. The highest BCUT2D eigenvalue weighted by atomic mass is 32.1. The highest BCUT2D eigenvalue weighted by Gasteiger charge is 2.21. The number of nitrogen functional groups attached to an aromatic ring is 1. The van der Waals surface area contributed by atoms with Crippen molar-refractivity contribution in [3.63, 3.8) is 0 Å². The molecule has 1 aliphatic heterocycles. The van der Waals surface area contributed by atoms with E-state index in [0.717, 1.165) is 21.2 Å². The van der Waals surface area contributed by atoms with Crippen molar-refractivity contribution in [1.29, 1.82) is 10.5 Å². The number of nitrogens with one attached hydrogen (secondary N) is 1. The summed E-state index contributed by atoms with van der Waals surface area (Å²) in [6.07, 6.45) is 1.99. The molecule has 3 rings (SSSR count). The molecule has 0 amide bonds. The van der Waals surface area contributed by atoms with Crippen molar-refractivity contribution in [2.45, 2.75) is 6.92 Å². The van der Waals surface area contributed by atoms with E-state index in [-0.39, 0.29) is 5.82 Å². The standard InChI is InChI=1S/C17H12N4S/c1-9-12(6-11-4-3-5-22-11)15-10(2)14(8-19)17(20)21-16(15)13(9)7-18/h3-6,21H,1,20H2,2H3/b12-6-. The fourth-order valence-corrected chi connectivity index (χ4v) is 3.33. The number of nitriles is 2. The number of thiophene rings is 1. The van der Waals surface area contributed by atoms with Crippen LogP contribution < -0.4 is 16.2 Å². The Balaban J connectivity index is 2.55. The molecular weight excluding hydrogens is 292 g/mol. The Morgan fingerprint density at radius 3 is 2.64 bits per heavy atom. The van der Waals surface area contributed by atoms with E-state index in [9.17, 15) is 10.5 Å². The van der Waals surface area contributed by atoms with Crippen molar-refractivity contribution < 1.29 is 0 Å². The predicted octanol–water partition coefficient (Wildman–Crippen LogP) is 2.05. The average molecular weight is 304 g/mol. The quantitative estimate of drug-likeness (QED) is 0.721. The molecule has 0 radical (unpaired) electrons. The second-order valence-corrected chi connectivity index (χ2v) is 5.92. The Kier molecular flexibility index (Phi) is 3.21. The third-order valence-electron chi connectivity index (χ3n) is 3.73. The Bertz CT molecular complexity index is 1030. The first-order chi connectivity index (χ1) is 10.6. The zero-order valence-corrected chi connectivity index (χ0v) is 12.7. The van der Waals surface area contributed by atoms with Crippen LogP contribution in [-0.2, 0) is 0 Å². The van der Waals surface area contributed by atoms with Gasteiger partial charge in [0.2, 0.25) is 0 Å². The molecule has 0 aromatic carbocycles. The first-order valence-electron chi connectivity index (χ1n) is 6.56. The van der Waals surface area contributed by atoms with Gasteiger partial charge >= 0.3 is 0 Å². The second kappa shape index (κ2) is 5.07. The van der Waals surface area contributed by atoms with Gasteiger partial charge in [0.1, 0.15) is 18.0 Å². The van der Waals surface area contributed by atoms with Crippen LogP contribution in [0.2, 0.25) is 0 Å². The number of nitrogens with zero attached hydrogens (tertiary/aromatic N) is 2. The maximum atomic E-state index is 9.44. The summed E-state index contributed by atoms with van der Waals surface area (Å²) in [6.45, 7) is 5.89. The molecule has 0 atom stereocenters. The Labute approximate surface area is 131 Å². The fraction of sp³-hybridized carbons (Fsp3) is 0.0588. The van der Waals surface area contributed by atoms with E-state index in [4.69, 9.17) is 5.73 Å². The van der Waals surface area contributed by atoms with Gasteiger partial charge < -0.3 is 10.7 Å². The Morgan fingerprint density at radius 1 is 1.32 bits per heavy atom. The van der Waals surface area contributed by atoms with Gasteiger partial charge in [-0.3, -0.25) is 0 Å². The zero-order chi connectivity index (χ0) is 15.9. The summed E-state index contributed by atoms with van der Waals surface area (Å²) >= 11 is 1.60. The topological polar surface area (TPSA) is 89.4 Å². The van der Waals surface area contributed by atoms with Crippen molar-refractivity contribution in [2.75, 3.05) is 5.73 Å². The third-order valence-corrected chi connectivity index (χ3v) is 4.55. The molecule has 4 nitrogen and oxygen atoms in total. The predicted molar refractivity (Wildman–Crippen MR) is 88.7 cm³/mol. The van der Waals surface area contributed by atoms with Crippen molar-refractivity contribution in [1.82, 2.24) is 4.98 Å². The van der Waals surface area contributed by atoms with E-state index in [0.29, 0.717) is 22.0 Å². The molecule has 2 heterocycles. The van der Waals surface area contributed by atoms with E-state index < -0.39 is 0 Å². The molecule has 0 saturated heterocycles. The van der Waals surface area contributed by atoms with Crippen LogP contribution in [0.1, 0.15) is 21.6 Å². The van der Waals surface area contributed by atoms with Gasteiger partial charge in [-0.1, -0.05) is 12.6 Å². The lowest BCUT2D eigenvalue weighted by Gasteiger charge is -2.10. The normalized spacial score (nSPS) is 11.5. The molecule has 5 heteroatoms. The molecule has 0 fully saturated rings. The van der Waals surface area contributed by atoms with Gasteiger partial charge in [-0.05, 0) is 40.4 Å². The lowest BCUT2D eigenvalue weighted by molar-refractivity contribution is 1.26. The minimum Gasteiger partial charge on any atom is -0.384 e. The van der Waals surface area contributed by atoms with Crippen molar-refractivity contribution in [3.05, 3.63) is 49.5 Å². The van der Waals surface area contributed by atoms with E-state index in [1.807, 2.05) is 30.5 Å². The lowest BCUT2D eigenvalue weighted by Crippen LogP contribution is -2.21. The van der Waals surface area contributed by atoms with Crippen molar-refractivity contribution in [2.24, 2.45) is 0 Å². The van der Waals surface area contributed by atoms with Crippen LogP contribution in [-0.4, -0.2) is 4.98 Å². The summed E-state index contributed by atoms with van der Waals surface area (Å²) in [5.74, 6) is 0.275. The van der Waals surface area contributed by atoms with Gasteiger partial charge in [-0.15, -0.1) is 11.3 Å². The molecule has 1 aromatic rings. The van der Waals surface area contributed by atoms with Crippen molar-refractivity contribution >= 4 is 29.8 Å². The van der Waals surface area contributed by atoms with Crippen LogP contribution in [0.4, 0.5) is 5.82 Å². The molecule has 2 aliphatic rings. The highest BCUT2D eigenvalue weighted by molar-refractivity contribution is 7.10. The summed E-state index contributed by atoms with van der Waals surface area (Å²) in [4.78, 5) is 4.05. The van der Waals surface area contributed by atoms with E-state index in [2.05, 4.69) is 23.7 Å². The number of rotatable bonds is 1. The average Bonchev–Trinajstić information content (AvgIpc) is 3.07. The number of H-pyrrole nitrogens is 1. The minimum absolute atomic E-state index is 0.275. The van der Waals surface area contributed by atoms with E-state index in [1.165, 1.54) is 0 Å². The number of fused-ring (bicyclic) bond motifs is 1. The van der Waals surface area contributed by atoms with Gasteiger partial charge in [-0.25, -0.2) is 0 Å². The summed E-state index contributed by atoms with van der Waals surface area (Å²) < 4.78 is 0. The summed E-state index contributed by atoms with van der Waals surface area (Å²) in [7, 11) is 0. The van der Waals surface area contributed by atoms with E-state index in [1.54, 1.807) is 11.3 Å². The molecular formula is C17H12N4S.